The number of anilines is 1. The van der Waals surface area contributed by atoms with Crippen molar-refractivity contribution in [2.45, 2.75) is 25.5 Å². The molecule has 1 N–H and O–H groups in total. The Kier molecular flexibility index (Phi) is 5.38. The quantitative estimate of drug-likeness (QED) is 0.748. The number of carbonyl (C=O) groups is 2. The zero-order valence-corrected chi connectivity index (χ0v) is 17.5. The lowest BCUT2D eigenvalue weighted by molar-refractivity contribution is 0.0475. The van der Waals surface area contributed by atoms with Gasteiger partial charge < -0.3 is 14.7 Å². The number of amides is 2. The van der Waals surface area contributed by atoms with E-state index in [1.807, 2.05) is 24.3 Å². The van der Waals surface area contributed by atoms with Crippen LogP contribution in [0.15, 0.2) is 42.5 Å². The summed E-state index contributed by atoms with van der Waals surface area (Å²) in [5.74, 6) is -0.125. The topological polar surface area (TPSA) is 73.3 Å². The normalized spacial score (nSPS) is 21.7. The average Bonchev–Trinajstić information content (AvgIpc) is 3.39. The molecule has 162 valence electrons. The molecule has 0 saturated carbocycles. The van der Waals surface area contributed by atoms with Crippen LogP contribution in [0, 0.1) is 0 Å². The first-order chi connectivity index (χ1) is 15.1. The summed E-state index contributed by atoms with van der Waals surface area (Å²) < 4.78 is 5.65. The Morgan fingerprint density at radius 3 is 2.45 bits per heavy atom. The van der Waals surface area contributed by atoms with Gasteiger partial charge in [0, 0.05) is 39.3 Å². The number of phenols is 1. The first-order valence-electron chi connectivity index (χ1n) is 11.0. The third kappa shape index (κ3) is 3.91. The van der Waals surface area contributed by atoms with Gasteiger partial charge in [-0.05, 0) is 42.7 Å². The van der Waals surface area contributed by atoms with Crippen LogP contribution in [0.5, 0.6) is 5.75 Å². The van der Waals surface area contributed by atoms with Gasteiger partial charge in [-0.3, -0.25) is 19.4 Å². The standard InChI is InChI=1S/C24H27N3O4/c28-18-8-6-17(7-9-18)15-25-10-12-26(13-11-25)21-5-1-4-20-22(21)24(30)27(23(20)29)16-19-3-2-14-31-19/h1,4-9,19,28H,2-3,10-16H2/t19-/m0/s1. The number of rotatable bonds is 5. The molecule has 2 aromatic rings. The number of hydrogen-bond donors (Lipinski definition) is 1. The van der Waals surface area contributed by atoms with Gasteiger partial charge in [-0.15, -0.1) is 0 Å². The Morgan fingerprint density at radius 1 is 0.968 bits per heavy atom. The molecule has 31 heavy (non-hydrogen) atoms. The SMILES string of the molecule is O=C1c2cccc(N3CCN(Cc4ccc(O)cc4)CC3)c2C(=O)N1C[C@@H]1CCCO1. The number of nitrogens with zero attached hydrogens (tertiary/aromatic N) is 3. The molecule has 2 aromatic carbocycles. The fourth-order valence-electron chi connectivity index (χ4n) is 4.74. The largest absolute Gasteiger partial charge is 0.508 e. The lowest BCUT2D eigenvalue weighted by Gasteiger charge is -2.36. The molecule has 0 aromatic heterocycles. The van der Waals surface area contributed by atoms with Gasteiger partial charge in [-0.25, -0.2) is 0 Å². The summed E-state index contributed by atoms with van der Waals surface area (Å²) in [5, 5.41) is 9.46. The maximum Gasteiger partial charge on any atom is 0.263 e. The Balaban J connectivity index is 1.28. The first kappa shape index (κ1) is 20.0. The van der Waals surface area contributed by atoms with E-state index in [2.05, 4.69) is 9.80 Å². The van der Waals surface area contributed by atoms with E-state index in [0.29, 0.717) is 24.3 Å². The van der Waals surface area contributed by atoms with Crippen LogP contribution in [0.1, 0.15) is 39.1 Å². The maximum absolute atomic E-state index is 13.2. The lowest BCUT2D eigenvalue weighted by Crippen LogP contribution is -2.46. The van der Waals surface area contributed by atoms with Gasteiger partial charge in [-0.1, -0.05) is 18.2 Å². The highest BCUT2D eigenvalue weighted by Crippen LogP contribution is 2.33. The number of aromatic hydroxyl groups is 1. The molecule has 1 atom stereocenters. The monoisotopic (exact) mass is 421 g/mol. The van der Waals surface area contributed by atoms with Crippen LogP contribution in [0.2, 0.25) is 0 Å². The minimum atomic E-state index is -0.205. The molecule has 0 aliphatic carbocycles. The van der Waals surface area contributed by atoms with E-state index in [1.54, 1.807) is 18.2 Å². The van der Waals surface area contributed by atoms with Crippen LogP contribution in [0.25, 0.3) is 0 Å². The molecule has 2 fully saturated rings. The number of hydrogen-bond acceptors (Lipinski definition) is 6. The Hall–Kier alpha value is -2.90. The number of imide groups is 1. The molecule has 0 radical (unpaired) electrons. The third-order valence-corrected chi connectivity index (χ3v) is 6.44. The van der Waals surface area contributed by atoms with Gasteiger partial charge >= 0.3 is 0 Å². The second-order valence-electron chi connectivity index (χ2n) is 8.49. The van der Waals surface area contributed by atoms with Gasteiger partial charge in [0.05, 0.1) is 29.5 Å². The van der Waals surface area contributed by atoms with Crippen molar-refractivity contribution in [2.75, 3.05) is 44.2 Å². The summed E-state index contributed by atoms with van der Waals surface area (Å²) in [7, 11) is 0. The van der Waals surface area contributed by atoms with E-state index >= 15 is 0 Å². The second-order valence-corrected chi connectivity index (χ2v) is 8.49. The number of carbonyl (C=O) groups excluding carboxylic acids is 2. The highest BCUT2D eigenvalue weighted by atomic mass is 16.5. The third-order valence-electron chi connectivity index (χ3n) is 6.44. The van der Waals surface area contributed by atoms with Crippen molar-refractivity contribution < 1.29 is 19.4 Å². The molecule has 0 spiro atoms. The zero-order valence-electron chi connectivity index (χ0n) is 17.5. The van der Waals surface area contributed by atoms with Crippen molar-refractivity contribution >= 4 is 17.5 Å². The Morgan fingerprint density at radius 2 is 1.74 bits per heavy atom. The molecule has 0 unspecified atom stereocenters. The predicted octanol–water partition coefficient (Wildman–Crippen LogP) is 2.49. The highest BCUT2D eigenvalue weighted by Gasteiger charge is 2.40. The smallest absolute Gasteiger partial charge is 0.263 e. The average molecular weight is 421 g/mol. The molecule has 2 saturated heterocycles. The van der Waals surface area contributed by atoms with Crippen LogP contribution in [0.3, 0.4) is 0 Å². The number of phenolic OH excluding ortho intramolecular Hbond substituents is 1. The van der Waals surface area contributed by atoms with Crippen molar-refractivity contribution in [1.82, 2.24) is 9.80 Å². The van der Waals surface area contributed by atoms with E-state index in [1.165, 1.54) is 4.90 Å². The van der Waals surface area contributed by atoms with Crippen molar-refractivity contribution in [2.24, 2.45) is 0 Å². The fraction of sp³-hybridized carbons (Fsp3) is 0.417. The molecular formula is C24H27N3O4. The molecule has 5 rings (SSSR count). The molecule has 7 nitrogen and oxygen atoms in total. The van der Waals surface area contributed by atoms with E-state index < -0.39 is 0 Å². The summed E-state index contributed by atoms with van der Waals surface area (Å²) in [6, 6.07) is 12.9. The van der Waals surface area contributed by atoms with Gasteiger partial charge in [0.1, 0.15) is 5.75 Å². The number of benzene rings is 2. The molecule has 2 amide bonds. The molecule has 3 heterocycles. The van der Waals surface area contributed by atoms with Crippen LogP contribution in [-0.4, -0.2) is 72.2 Å². The Labute approximate surface area is 181 Å². The number of fused-ring (bicyclic) bond motifs is 1. The van der Waals surface area contributed by atoms with E-state index in [-0.39, 0.29) is 23.7 Å². The minimum absolute atomic E-state index is 0.0471. The predicted molar refractivity (Wildman–Crippen MR) is 116 cm³/mol. The molecular weight excluding hydrogens is 394 g/mol. The zero-order chi connectivity index (χ0) is 21.4. The van der Waals surface area contributed by atoms with Gasteiger partial charge in [0.25, 0.3) is 11.8 Å². The minimum Gasteiger partial charge on any atom is -0.508 e. The summed E-state index contributed by atoms with van der Waals surface area (Å²) in [4.78, 5) is 32.0. The van der Waals surface area contributed by atoms with E-state index in [9.17, 15) is 14.7 Å². The first-order valence-corrected chi connectivity index (χ1v) is 11.0. The van der Waals surface area contributed by atoms with Crippen LogP contribution in [-0.2, 0) is 11.3 Å². The van der Waals surface area contributed by atoms with E-state index in [4.69, 9.17) is 4.74 Å². The van der Waals surface area contributed by atoms with Gasteiger partial charge in [-0.2, -0.15) is 0 Å². The van der Waals surface area contributed by atoms with Crippen molar-refractivity contribution in [3.8, 4) is 5.75 Å². The summed E-state index contributed by atoms with van der Waals surface area (Å²) in [6.07, 6.45) is 1.82. The number of piperazine rings is 1. The molecule has 3 aliphatic rings. The summed E-state index contributed by atoms with van der Waals surface area (Å²) in [5.41, 5.74) is 3.07. The van der Waals surface area contributed by atoms with Crippen molar-refractivity contribution in [3.63, 3.8) is 0 Å². The van der Waals surface area contributed by atoms with E-state index in [0.717, 1.165) is 56.8 Å². The van der Waals surface area contributed by atoms with Crippen LogP contribution < -0.4 is 4.90 Å². The fourth-order valence-corrected chi connectivity index (χ4v) is 4.74. The van der Waals surface area contributed by atoms with Gasteiger partial charge in [0.2, 0.25) is 0 Å². The van der Waals surface area contributed by atoms with Crippen molar-refractivity contribution in [1.29, 1.82) is 0 Å². The highest BCUT2D eigenvalue weighted by molar-refractivity contribution is 6.23. The molecule has 7 heteroatoms. The van der Waals surface area contributed by atoms with Crippen LogP contribution >= 0.6 is 0 Å². The maximum atomic E-state index is 13.2. The molecule has 3 aliphatic heterocycles. The van der Waals surface area contributed by atoms with Crippen LogP contribution in [0.4, 0.5) is 5.69 Å². The van der Waals surface area contributed by atoms with Crippen molar-refractivity contribution in [3.05, 3.63) is 59.2 Å². The summed E-state index contributed by atoms with van der Waals surface area (Å²) >= 11 is 0. The lowest BCUT2D eigenvalue weighted by atomic mass is 10.1. The Bertz CT molecular complexity index is 977. The second kappa shape index (κ2) is 8.32. The summed E-state index contributed by atoms with van der Waals surface area (Å²) in [6.45, 7) is 5.19. The van der Waals surface area contributed by atoms with Gasteiger partial charge in [0.15, 0.2) is 0 Å². The molecule has 0 bridgehead atoms. The number of ether oxygens (including phenoxy) is 1.